The van der Waals surface area contributed by atoms with Crippen molar-refractivity contribution in [3.05, 3.63) is 119 Å². The van der Waals surface area contributed by atoms with Gasteiger partial charge in [-0.15, -0.1) is 0 Å². The number of nitrogens with zero attached hydrogens (tertiary/aromatic N) is 2. The fraction of sp³-hybridized carbons (Fsp3) is 0.297. The molecule has 2 amide bonds. The van der Waals surface area contributed by atoms with Gasteiger partial charge >= 0.3 is 0 Å². The van der Waals surface area contributed by atoms with Gasteiger partial charge in [0.25, 0.3) is 10.0 Å². The second-order valence-corrected chi connectivity index (χ2v) is 13.2. The number of amides is 2. The van der Waals surface area contributed by atoms with E-state index in [1.165, 1.54) is 24.1 Å². The molecule has 47 heavy (non-hydrogen) atoms. The van der Waals surface area contributed by atoms with Gasteiger partial charge in [-0.05, 0) is 73.4 Å². The number of ether oxygens (including phenoxy) is 2. The van der Waals surface area contributed by atoms with Gasteiger partial charge in [-0.3, -0.25) is 13.9 Å². The van der Waals surface area contributed by atoms with Crippen LogP contribution in [0.3, 0.4) is 0 Å². The van der Waals surface area contributed by atoms with Crippen LogP contribution < -0.4 is 19.1 Å². The third-order valence-corrected chi connectivity index (χ3v) is 9.57. The first-order chi connectivity index (χ1) is 22.6. The van der Waals surface area contributed by atoms with Crippen LogP contribution in [-0.4, -0.2) is 58.5 Å². The van der Waals surface area contributed by atoms with Crippen molar-refractivity contribution in [1.82, 2.24) is 10.2 Å². The average Bonchev–Trinajstić information content (AvgIpc) is 3.08. The molecule has 0 radical (unpaired) electrons. The van der Waals surface area contributed by atoms with E-state index >= 15 is 0 Å². The Morgan fingerprint density at radius 1 is 0.809 bits per heavy atom. The number of benzene rings is 4. The SMILES string of the molecule is CCCNC(=O)[C@H](Cc1ccccc1)N(Cc1cccc(OC)c1)C(=O)CN(c1cc(C)ccc1OC)S(=O)(=O)c1ccc(C)cc1. The summed E-state index contributed by atoms with van der Waals surface area (Å²) in [5.41, 5.74) is 3.48. The number of nitrogens with one attached hydrogen (secondary N) is 1. The van der Waals surface area contributed by atoms with E-state index in [1.807, 2.05) is 69.3 Å². The molecule has 0 aliphatic heterocycles. The minimum Gasteiger partial charge on any atom is -0.497 e. The fourth-order valence-corrected chi connectivity index (χ4v) is 6.65. The van der Waals surface area contributed by atoms with E-state index in [2.05, 4.69) is 5.32 Å². The predicted octanol–water partition coefficient (Wildman–Crippen LogP) is 5.68. The highest BCUT2D eigenvalue weighted by atomic mass is 32.2. The summed E-state index contributed by atoms with van der Waals surface area (Å²) in [5.74, 6) is 0.00523. The zero-order valence-corrected chi connectivity index (χ0v) is 28.4. The standard InChI is InChI=1S/C37H43N3O6S/c1-6-21-38-37(42)34(24-29-11-8-7-9-12-29)39(25-30-13-10-14-31(23-30)45-4)36(41)26-40(33-22-28(3)17-20-35(33)46-5)47(43,44)32-18-15-27(2)16-19-32/h7-20,22-23,34H,6,21,24-26H2,1-5H3,(H,38,42)/t34-/m0/s1. The van der Waals surface area contributed by atoms with Crippen molar-refractivity contribution >= 4 is 27.5 Å². The molecule has 0 aliphatic rings. The Morgan fingerprint density at radius 2 is 1.49 bits per heavy atom. The number of methoxy groups -OCH3 is 2. The monoisotopic (exact) mass is 657 g/mol. The molecule has 0 heterocycles. The number of carbonyl (C=O) groups excluding carboxylic acids is 2. The summed E-state index contributed by atoms with van der Waals surface area (Å²) in [7, 11) is -1.25. The Morgan fingerprint density at radius 3 is 2.15 bits per heavy atom. The molecular weight excluding hydrogens is 614 g/mol. The van der Waals surface area contributed by atoms with Crippen molar-refractivity contribution < 1.29 is 27.5 Å². The third-order valence-electron chi connectivity index (χ3n) is 7.80. The summed E-state index contributed by atoms with van der Waals surface area (Å²) < 4.78 is 40.8. The van der Waals surface area contributed by atoms with Crippen molar-refractivity contribution in [2.45, 2.75) is 51.1 Å². The van der Waals surface area contributed by atoms with Crippen molar-refractivity contribution in [3.8, 4) is 11.5 Å². The molecule has 0 fully saturated rings. The van der Waals surface area contributed by atoms with Gasteiger partial charge in [-0.2, -0.15) is 0 Å². The van der Waals surface area contributed by atoms with Crippen LogP contribution in [0.4, 0.5) is 5.69 Å². The molecule has 4 aromatic rings. The number of hydrogen-bond donors (Lipinski definition) is 1. The zero-order chi connectivity index (χ0) is 34.0. The zero-order valence-electron chi connectivity index (χ0n) is 27.6. The van der Waals surface area contributed by atoms with Crippen molar-refractivity contribution in [2.24, 2.45) is 0 Å². The van der Waals surface area contributed by atoms with Gasteiger partial charge in [0, 0.05) is 19.5 Å². The quantitative estimate of drug-likeness (QED) is 0.176. The molecule has 0 bridgehead atoms. The van der Waals surface area contributed by atoms with E-state index in [4.69, 9.17) is 9.47 Å². The van der Waals surface area contributed by atoms with Gasteiger partial charge in [0.05, 0.1) is 24.8 Å². The first-order valence-electron chi connectivity index (χ1n) is 15.6. The molecule has 10 heteroatoms. The highest BCUT2D eigenvalue weighted by Crippen LogP contribution is 2.34. The van der Waals surface area contributed by atoms with E-state index in [0.29, 0.717) is 24.5 Å². The minimum atomic E-state index is -4.27. The Kier molecular flexibility index (Phi) is 12.0. The van der Waals surface area contributed by atoms with Gasteiger partial charge in [-0.1, -0.05) is 73.2 Å². The minimum absolute atomic E-state index is 0.0281. The van der Waals surface area contributed by atoms with Crippen LogP contribution in [-0.2, 0) is 32.6 Å². The molecule has 4 rings (SSSR count). The fourth-order valence-electron chi connectivity index (χ4n) is 5.23. The predicted molar refractivity (Wildman–Crippen MR) is 184 cm³/mol. The van der Waals surface area contributed by atoms with Gasteiger partial charge in [0.15, 0.2) is 0 Å². The summed E-state index contributed by atoms with van der Waals surface area (Å²) >= 11 is 0. The number of aryl methyl sites for hydroxylation is 2. The Hall–Kier alpha value is -4.83. The van der Waals surface area contributed by atoms with Crippen molar-refractivity contribution in [1.29, 1.82) is 0 Å². The summed E-state index contributed by atoms with van der Waals surface area (Å²) in [4.78, 5) is 30.0. The molecule has 0 saturated carbocycles. The summed E-state index contributed by atoms with van der Waals surface area (Å²) in [6, 6.07) is 27.4. The number of rotatable bonds is 15. The lowest BCUT2D eigenvalue weighted by Gasteiger charge is -2.34. The normalized spacial score (nSPS) is 11.8. The number of anilines is 1. The molecule has 0 aromatic heterocycles. The summed E-state index contributed by atoms with van der Waals surface area (Å²) in [6.45, 7) is 5.55. The van der Waals surface area contributed by atoms with Crippen LogP contribution in [0.2, 0.25) is 0 Å². The van der Waals surface area contributed by atoms with E-state index in [-0.39, 0.29) is 29.5 Å². The molecular formula is C37H43N3O6S. The first-order valence-corrected chi connectivity index (χ1v) is 17.0. The lowest BCUT2D eigenvalue weighted by molar-refractivity contribution is -0.140. The molecule has 0 unspecified atom stereocenters. The molecule has 4 aromatic carbocycles. The van der Waals surface area contributed by atoms with Crippen molar-refractivity contribution in [2.75, 3.05) is 31.6 Å². The molecule has 1 N–H and O–H groups in total. The lowest BCUT2D eigenvalue weighted by Crippen LogP contribution is -2.53. The molecule has 0 aliphatic carbocycles. The number of hydrogen-bond acceptors (Lipinski definition) is 6. The van der Waals surface area contributed by atoms with Crippen LogP contribution in [0, 0.1) is 13.8 Å². The largest absolute Gasteiger partial charge is 0.497 e. The van der Waals surface area contributed by atoms with Gasteiger partial charge < -0.3 is 19.7 Å². The average molecular weight is 658 g/mol. The molecule has 1 atom stereocenters. The third kappa shape index (κ3) is 8.92. The van der Waals surface area contributed by atoms with E-state index in [0.717, 1.165) is 26.6 Å². The van der Waals surface area contributed by atoms with Crippen LogP contribution in [0.1, 0.15) is 35.6 Å². The van der Waals surface area contributed by atoms with Crippen LogP contribution >= 0.6 is 0 Å². The van der Waals surface area contributed by atoms with E-state index in [9.17, 15) is 18.0 Å². The van der Waals surface area contributed by atoms with Gasteiger partial charge in [0.1, 0.15) is 24.1 Å². The second-order valence-electron chi connectivity index (χ2n) is 11.4. The maximum absolute atomic E-state index is 14.7. The Labute approximate surface area is 278 Å². The van der Waals surface area contributed by atoms with Gasteiger partial charge in [-0.25, -0.2) is 8.42 Å². The maximum Gasteiger partial charge on any atom is 0.264 e. The molecule has 0 spiro atoms. The first kappa shape index (κ1) is 35.0. The Bertz CT molecular complexity index is 1760. The highest BCUT2D eigenvalue weighted by molar-refractivity contribution is 7.92. The van der Waals surface area contributed by atoms with Gasteiger partial charge in [0.2, 0.25) is 11.8 Å². The van der Waals surface area contributed by atoms with E-state index < -0.39 is 28.5 Å². The number of sulfonamides is 1. The summed E-state index contributed by atoms with van der Waals surface area (Å²) in [6.07, 6.45) is 0.938. The highest BCUT2D eigenvalue weighted by Gasteiger charge is 2.35. The summed E-state index contributed by atoms with van der Waals surface area (Å²) in [5, 5.41) is 2.96. The Balaban J connectivity index is 1.85. The van der Waals surface area contributed by atoms with Crippen LogP contribution in [0.15, 0.2) is 102 Å². The molecule has 9 nitrogen and oxygen atoms in total. The second kappa shape index (κ2) is 16.1. The molecule has 248 valence electrons. The topological polar surface area (TPSA) is 105 Å². The van der Waals surface area contributed by atoms with Crippen LogP contribution in [0.25, 0.3) is 0 Å². The molecule has 0 saturated heterocycles. The maximum atomic E-state index is 14.7. The van der Waals surface area contributed by atoms with Crippen LogP contribution in [0.5, 0.6) is 11.5 Å². The van der Waals surface area contributed by atoms with E-state index in [1.54, 1.807) is 43.5 Å². The number of carbonyl (C=O) groups is 2. The smallest absolute Gasteiger partial charge is 0.264 e. The van der Waals surface area contributed by atoms with Crippen molar-refractivity contribution in [3.63, 3.8) is 0 Å². The lowest BCUT2D eigenvalue weighted by atomic mass is 10.0.